The predicted molar refractivity (Wildman–Crippen MR) is 94.7 cm³/mol. The molecule has 1 aliphatic heterocycles. The average Bonchev–Trinajstić information content (AvgIpc) is 2.91. The molecule has 0 aliphatic carbocycles. The first-order chi connectivity index (χ1) is 11.0. The predicted octanol–water partition coefficient (Wildman–Crippen LogP) is 2.11. The van der Waals surface area contributed by atoms with E-state index >= 15 is 0 Å². The molecule has 23 heavy (non-hydrogen) atoms. The molecule has 1 aliphatic rings. The normalized spacial score (nSPS) is 17.2. The molecule has 0 bridgehead atoms. The standard InChI is InChI=1S/C18H28N4O/c1-18(2)10-13-22(14-18)17(19-3)21-12-7-11-20-16(23)15-8-5-4-6-9-15/h4-6,8-9H,7,10-14H2,1-3H3,(H,19,21)(H,20,23). The highest BCUT2D eigenvalue weighted by Gasteiger charge is 2.30. The van der Waals surface area contributed by atoms with Crippen LogP contribution in [0.3, 0.4) is 0 Å². The van der Waals surface area contributed by atoms with Crippen LogP contribution in [0.5, 0.6) is 0 Å². The molecule has 2 N–H and O–H groups in total. The topological polar surface area (TPSA) is 56.7 Å². The van der Waals surface area contributed by atoms with Gasteiger partial charge in [0, 0.05) is 38.8 Å². The highest BCUT2D eigenvalue weighted by molar-refractivity contribution is 5.94. The lowest BCUT2D eigenvalue weighted by Crippen LogP contribution is -2.41. The number of nitrogens with one attached hydrogen (secondary N) is 2. The number of guanidine groups is 1. The molecule has 0 aromatic heterocycles. The maximum atomic E-state index is 11.9. The lowest BCUT2D eigenvalue weighted by molar-refractivity contribution is 0.0953. The SMILES string of the molecule is CN=C(NCCCNC(=O)c1ccccc1)N1CCC(C)(C)C1. The molecule has 0 radical (unpaired) electrons. The second kappa shape index (κ2) is 7.99. The van der Waals surface area contributed by atoms with Gasteiger partial charge in [-0.25, -0.2) is 0 Å². The minimum absolute atomic E-state index is 0.0173. The Balaban J connectivity index is 1.66. The van der Waals surface area contributed by atoms with E-state index in [9.17, 15) is 4.79 Å². The van der Waals surface area contributed by atoms with Gasteiger partial charge in [-0.05, 0) is 30.4 Å². The van der Waals surface area contributed by atoms with Gasteiger partial charge in [0.05, 0.1) is 0 Å². The third-order valence-electron chi connectivity index (χ3n) is 4.15. The van der Waals surface area contributed by atoms with Crippen molar-refractivity contribution >= 4 is 11.9 Å². The molecule has 1 aromatic rings. The van der Waals surface area contributed by atoms with Crippen molar-refractivity contribution in [2.24, 2.45) is 10.4 Å². The molecule has 0 saturated carbocycles. The molecule has 0 spiro atoms. The molecule has 5 nitrogen and oxygen atoms in total. The number of aliphatic imine (C=N–C) groups is 1. The fourth-order valence-electron chi connectivity index (χ4n) is 2.81. The highest BCUT2D eigenvalue weighted by Crippen LogP contribution is 2.28. The van der Waals surface area contributed by atoms with E-state index in [0.717, 1.165) is 32.0 Å². The second-order valence-corrected chi connectivity index (χ2v) is 6.79. The van der Waals surface area contributed by atoms with E-state index in [2.05, 4.69) is 34.4 Å². The number of carbonyl (C=O) groups is 1. The van der Waals surface area contributed by atoms with Crippen LogP contribution in [0.15, 0.2) is 35.3 Å². The van der Waals surface area contributed by atoms with Crippen LogP contribution in [0, 0.1) is 5.41 Å². The summed E-state index contributed by atoms with van der Waals surface area (Å²) in [5.74, 6) is 0.946. The lowest BCUT2D eigenvalue weighted by atomic mass is 9.93. The van der Waals surface area contributed by atoms with Gasteiger partial charge >= 0.3 is 0 Å². The van der Waals surface area contributed by atoms with E-state index < -0.39 is 0 Å². The molecule has 2 rings (SSSR count). The minimum atomic E-state index is -0.0173. The summed E-state index contributed by atoms with van der Waals surface area (Å²) in [6.07, 6.45) is 2.07. The number of hydrogen-bond acceptors (Lipinski definition) is 2. The Hall–Kier alpha value is -2.04. The van der Waals surface area contributed by atoms with E-state index in [0.29, 0.717) is 17.5 Å². The summed E-state index contributed by atoms with van der Waals surface area (Å²) >= 11 is 0. The van der Waals surface area contributed by atoms with Crippen molar-refractivity contribution in [1.29, 1.82) is 0 Å². The molecule has 1 heterocycles. The van der Waals surface area contributed by atoms with Crippen molar-refractivity contribution in [1.82, 2.24) is 15.5 Å². The number of amides is 1. The molecule has 0 atom stereocenters. The van der Waals surface area contributed by atoms with Gasteiger partial charge in [0.15, 0.2) is 5.96 Å². The zero-order chi connectivity index (χ0) is 16.7. The van der Waals surface area contributed by atoms with Gasteiger partial charge in [0.2, 0.25) is 0 Å². The Morgan fingerprint density at radius 1 is 1.22 bits per heavy atom. The smallest absolute Gasteiger partial charge is 0.251 e. The number of hydrogen-bond donors (Lipinski definition) is 2. The number of carbonyl (C=O) groups excluding carboxylic acids is 1. The quantitative estimate of drug-likeness (QED) is 0.497. The van der Waals surface area contributed by atoms with Crippen LogP contribution < -0.4 is 10.6 Å². The Bertz CT molecular complexity index is 539. The molecule has 0 unspecified atom stereocenters. The van der Waals surface area contributed by atoms with Crippen LogP contribution >= 0.6 is 0 Å². The highest BCUT2D eigenvalue weighted by atomic mass is 16.1. The van der Waals surface area contributed by atoms with Crippen LogP contribution in [0.4, 0.5) is 0 Å². The Morgan fingerprint density at radius 3 is 2.52 bits per heavy atom. The first-order valence-corrected chi connectivity index (χ1v) is 8.31. The van der Waals surface area contributed by atoms with Gasteiger partial charge in [-0.3, -0.25) is 9.79 Å². The molecular weight excluding hydrogens is 288 g/mol. The Morgan fingerprint density at radius 2 is 1.91 bits per heavy atom. The van der Waals surface area contributed by atoms with Crippen LogP contribution in [0.1, 0.15) is 37.0 Å². The average molecular weight is 316 g/mol. The van der Waals surface area contributed by atoms with Crippen molar-refractivity contribution in [3.05, 3.63) is 35.9 Å². The molecule has 1 aromatic carbocycles. The van der Waals surface area contributed by atoms with Crippen LogP contribution in [-0.4, -0.2) is 50.0 Å². The first-order valence-electron chi connectivity index (χ1n) is 8.31. The van der Waals surface area contributed by atoms with Crippen LogP contribution in [-0.2, 0) is 0 Å². The first kappa shape index (κ1) is 17.3. The Labute approximate surface area is 139 Å². The van der Waals surface area contributed by atoms with Crippen molar-refractivity contribution in [2.75, 3.05) is 33.2 Å². The van der Waals surface area contributed by atoms with E-state index in [4.69, 9.17) is 0 Å². The third kappa shape index (κ3) is 5.27. The molecule has 1 saturated heterocycles. The zero-order valence-electron chi connectivity index (χ0n) is 14.4. The molecule has 1 amide bonds. The van der Waals surface area contributed by atoms with Crippen molar-refractivity contribution in [3.63, 3.8) is 0 Å². The molecular formula is C18H28N4O. The summed E-state index contributed by atoms with van der Waals surface area (Å²) in [6.45, 7) is 8.13. The fourth-order valence-corrected chi connectivity index (χ4v) is 2.81. The summed E-state index contributed by atoms with van der Waals surface area (Å²) in [6, 6.07) is 9.30. The van der Waals surface area contributed by atoms with E-state index in [-0.39, 0.29) is 5.91 Å². The third-order valence-corrected chi connectivity index (χ3v) is 4.15. The summed E-state index contributed by atoms with van der Waals surface area (Å²) in [5.41, 5.74) is 1.07. The number of nitrogens with zero attached hydrogens (tertiary/aromatic N) is 2. The Kier molecular flexibility index (Phi) is 6.02. The van der Waals surface area contributed by atoms with Crippen LogP contribution in [0.25, 0.3) is 0 Å². The fraction of sp³-hybridized carbons (Fsp3) is 0.556. The zero-order valence-corrected chi connectivity index (χ0v) is 14.4. The molecule has 126 valence electrons. The van der Waals surface area contributed by atoms with Gasteiger partial charge in [0.1, 0.15) is 0 Å². The van der Waals surface area contributed by atoms with Crippen molar-refractivity contribution < 1.29 is 4.79 Å². The largest absolute Gasteiger partial charge is 0.356 e. The van der Waals surface area contributed by atoms with Gasteiger partial charge in [0.25, 0.3) is 5.91 Å². The summed E-state index contributed by atoms with van der Waals surface area (Å²) in [5, 5.41) is 6.33. The van der Waals surface area contributed by atoms with Crippen molar-refractivity contribution in [3.8, 4) is 0 Å². The number of likely N-dealkylation sites (tertiary alicyclic amines) is 1. The monoisotopic (exact) mass is 316 g/mol. The molecule has 1 fully saturated rings. The summed E-state index contributed by atoms with van der Waals surface area (Å²) in [7, 11) is 1.82. The molecule has 5 heteroatoms. The van der Waals surface area contributed by atoms with E-state index in [1.807, 2.05) is 37.4 Å². The number of rotatable bonds is 5. The second-order valence-electron chi connectivity index (χ2n) is 6.79. The summed E-state index contributed by atoms with van der Waals surface area (Å²) in [4.78, 5) is 18.6. The van der Waals surface area contributed by atoms with Gasteiger partial charge in [-0.15, -0.1) is 0 Å². The maximum absolute atomic E-state index is 11.9. The van der Waals surface area contributed by atoms with Gasteiger partial charge in [-0.1, -0.05) is 32.0 Å². The van der Waals surface area contributed by atoms with E-state index in [1.54, 1.807) is 0 Å². The van der Waals surface area contributed by atoms with Crippen LogP contribution in [0.2, 0.25) is 0 Å². The lowest BCUT2D eigenvalue weighted by Gasteiger charge is -2.23. The summed E-state index contributed by atoms with van der Waals surface area (Å²) < 4.78 is 0. The van der Waals surface area contributed by atoms with Crippen molar-refractivity contribution in [2.45, 2.75) is 26.7 Å². The minimum Gasteiger partial charge on any atom is -0.356 e. The van der Waals surface area contributed by atoms with Gasteiger partial charge in [-0.2, -0.15) is 0 Å². The maximum Gasteiger partial charge on any atom is 0.251 e. The van der Waals surface area contributed by atoms with E-state index in [1.165, 1.54) is 6.42 Å². The van der Waals surface area contributed by atoms with Gasteiger partial charge < -0.3 is 15.5 Å². The number of benzene rings is 1.